The second kappa shape index (κ2) is 7.47. The topological polar surface area (TPSA) is 58.2 Å². The molecule has 1 atom stereocenters. The highest BCUT2D eigenvalue weighted by molar-refractivity contribution is 14.1. The summed E-state index contributed by atoms with van der Waals surface area (Å²) in [5.74, 6) is -0.0440. The summed E-state index contributed by atoms with van der Waals surface area (Å²) in [6.07, 6.45) is 0.621. The molecule has 0 aliphatic heterocycles. The van der Waals surface area contributed by atoms with Gasteiger partial charge in [0.1, 0.15) is 6.04 Å². The molecule has 0 saturated heterocycles. The predicted molar refractivity (Wildman–Crippen MR) is 83.9 cm³/mol. The molecule has 0 aromatic heterocycles. The van der Waals surface area contributed by atoms with Crippen LogP contribution in [0, 0.1) is 9.49 Å². The van der Waals surface area contributed by atoms with E-state index in [-0.39, 0.29) is 11.8 Å². The second-order valence-corrected chi connectivity index (χ2v) is 6.02. The third-order valence-electron chi connectivity index (χ3n) is 2.68. The number of halogens is 1. The fraction of sp³-hybridized carbons (Fsp3) is 0.429. The van der Waals surface area contributed by atoms with E-state index >= 15 is 0 Å². The number of hydrogen-bond acceptors (Lipinski definition) is 2. The number of benzene rings is 1. The van der Waals surface area contributed by atoms with E-state index in [1.165, 1.54) is 0 Å². The number of carbonyl (C=O) groups is 2. The fourth-order valence-corrected chi connectivity index (χ4v) is 2.08. The third-order valence-corrected chi connectivity index (χ3v) is 3.40. The Hall–Kier alpha value is -1.11. The molecule has 1 aromatic rings. The van der Waals surface area contributed by atoms with E-state index in [9.17, 15) is 9.59 Å². The molecule has 0 bridgehead atoms. The maximum Gasteiger partial charge on any atom is 0.251 e. The smallest absolute Gasteiger partial charge is 0.251 e. The van der Waals surface area contributed by atoms with Gasteiger partial charge in [-0.15, -0.1) is 0 Å². The van der Waals surface area contributed by atoms with Crippen LogP contribution in [0.25, 0.3) is 0 Å². The summed E-state index contributed by atoms with van der Waals surface area (Å²) in [4.78, 5) is 23.8. The van der Waals surface area contributed by atoms with Crippen LogP contribution >= 0.6 is 22.6 Å². The minimum atomic E-state index is -0.489. The van der Waals surface area contributed by atoms with Crippen LogP contribution in [0.5, 0.6) is 0 Å². The SMILES string of the molecule is CNC(=O)C(CC(C)C)NC(=O)c1ccc(I)cc1. The summed E-state index contributed by atoms with van der Waals surface area (Å²) < 4.78 is 1.07. The van der Waals surface area contributed by atoms with Crippen molar-refractivity contribution in [2.45, 2.75) is 26.3 Å². The maximum absolute atomic E-state index is 12.1. The van der Waals surface area contributed by atoms with Gasteiger partial charge in [-0.3, -0.25) is 9.59 Å². The largest absolute Gasteiger partial charge is 0.357 e. The summed E-state index contributed by atoms with van der Waals surface area (Å²) in [6.45, 7) is 4.04. The maximum atomic E-state index is 12.1. The molecule has 0 saturated carbocycles. The lowest BCUT2D eigenvalue weighted by Gasteiger charge is -2.19. The molecule has 2 N–H and O–H groups in total. The van der Waals surface area contributed by atoms with Crippen molar-refractivity contribution in [1.82, 2.24) is 10.6 Å². The van der Waals surface area contributed by atoms with Gasteiger partial charge in [-0.2, -0.15) is 0 Å². The molecule has 2 amide bonds. The highest BCUT2D eigenvalue weighted by Crippen LogP contribution is 2.09. The highest BCUT2D eigenvalue weighted by Gasteiger charge is 2.21. The van der Waals surface area contributed by atoms with Gasteiger partial charge < -0.3 is 10.6 Å². The van der Waals surface area contributed by atoms with E-state index in [2.05, 4.69) is 33.2 Å². The van der Waals surface area contributed by atoms with Crippen molar-refractivity contribution in [2.24, 2.45) is 5.92 Å². The summed E-state index contributed by atoms with van der Waals surface area (Å²) >= 11 is 2.18. The Bertz CT molecular complexity index is 443. The molecule has 19 heavy (non-hydrogen) atoms. The van der Waals surface area contributed by atoms with Crippen LogP contribution in [0.3, 0.4) is 0 Å². The van der Waals surface area contributed by atoms with E-state index in [0.717, 1.165) is 3.57 Å². The van der Waals surface area contributed by atoms with Crippen molar-refractivity contribution in [3.8, 4) is 0 Å². The van der Waals surface area contributed by atoms with Crippen LogP contribution < -0.4 is 10.6 Å². The summed E-state index contributed by atoms with van der Waals surface area (Å²) in [7, 11) is 1.58. The molecule has 104 valence electrons. The van der Waals surface area contributed by atoms with Crippen LogP contribution in [0.15, 0.2) is 24.3 Å². The first kappa shape index (κ1) is 15.9. The molecule has 0 spiro atoms. The van der Waals surface area contributed by atoms with Crippen molar-refractivity contribution in [2.75, 3.05) is 7.05 Å². The fourth-order valence-electron chi connectivity index (χ4n) is 1.72. The summed E-state index contributed by atoms with van der Waals surface area (Å²) in [6, 6.07) is 6.76. The minimum Gasteiger partial charge on any atom is -0.357 e. The number of hydrogen-bond donors (Lipinski definition) is 2. The molecular weight excluding hydrogens is 355 g/mol. The van der Waals surface area contributed by atoms with E-state index in [4.69, 9.17) is 0 Å². The van der Waals surface area contributed by atoms with Crippen LogP contribution in [-0.4, -0.2) is 24.9 Å². The van der Waals surface area contributed by atoms with Crippen molar-refractivity contribution >= 4 is 34.4 Å². The Labute approximate surface area is 127 Å². The van der Waals surface area contributed by atoms with Gasteiger partial charge >= 0.3 is 0 Å². The van der Waals surface area contributed by atoms with Gasteiger partial charge in [0.15, 0.2) is 0 Å². The molecule has 0 aliphatic carbocycles. The van der Waals surface area contributed by atoms with Gasteiger partial charge in [0, 0.05) is 16.2 Å². The number of nitrogens with one attached hydrogen (secondary N) is 2. The standard InChI is InChI=1S/C14H19IN2O2/c1-9(2)8-12(14(19)16-3)17-13(18)10-4-6-11(15)7-5-10/h4-7,9,12H,8H2,1-3H3,(H,16,19)(H,17,18). The average Bonchev–Trinajstić information content (AvgIpc) is 2.37. The molecule has 0 fully saturated rings. The Kier molecular flexibility index (Phi) is 6.27. The first-order valence-electron chi connectivity index (χ1n) is 6.22. The van der Waals surface area contributed by atoms with Gasteiger partial charge in [-0.1, -0.05) is 13.8 Å². The zero-order valence-electron chi connectivity index (χ0n) is 11.4. The number of likely N-dealkylation sites (N-methyl/N-ethyl adjacent to an activating group) is 1. The molecule has 0 radical (unpaired) electrons. The Balaban J connectivity index is 2.75. The molecule has 0 heterocycles. The van der Waals surface area contributed by atoms with Crippen molar-refractivity contribution in [3.05, 3.63) is 33.4 Å². The zero-order chi connectivity index (χ0) is 14.4. The highest BCUT2D eigenvalue weighted by atomic mass is 127. The minimum absolute atomic E-state index is 0.160. The number of carbonyl (C=O) groups excluding carboxylic acids is 2. The number of rotatable bonds is 5. The van der Waals surface area contributed by atoms with Crippen LogP contribution in [0.2, 0.25) is 0 Å². The molecule has 1 aromatic carbocycles. The first-order valence-corrected chi connectivity index (χ1v) is 7.30. The number of amides is 2. The van der Waals surface area contributed by atoms with Crippen molar-refractivity contribution < 1.29 is 9.59 Å². The van der Waals surface area contributed by atoms with Crippen LogP contribution in [-0.2, 0) is 4.79 Å². The normalized spacial score (nSPS) is 12.1. The quantitative estimate of drug-likeness (QED) is 0.777. The summed E-state index contributed by atoms with van der Waals surface area (Å²) in [5.41, 5.74) is 0.568. The van der Waals surface area contributed by atoms with Gasteiger partial charge in [0.2, 0.25) is 5.91 Å². The molecule has 0 aliphatic rings. The Morgan fingerprint density at radius 3 is 2.26 bits per heavy atom. The monoisotopic (exact) mass is 374 g/mol. The van der Waals surface area contributed by atoms with Crippen molar-refractivity contribution in [1.29, 1.82) is 0 Å². The lowest BCUT2D eigenvalue weighted by molar-refractivity contribution is -0.122. The molecule has 1 unspecified atom stereocenters. The lowest BCUT2D eigenvalue weighted by atomic mass is 10.0. The zero-order valence-corrected chi connectivity index (χ0v) is 13.5. The molecule has 5 heteroatoms. The van der Waals surface area contributed by atoms with E-state index in [1.54, 1.807) is 19.2 Å². The van der Waals surface area contributed by atoms with Gasteiger partial charge in [-0.05, 0) is 59.2 Å². The summed E-state index contributed by atoms with van der Waals surface area (Å²) in [5, 5.41) is 5.36. The van der Waals surface area contributed by atoms with Crippen LogP contribution in [0.4, 0.5) is 0 Å². The lowest BCUT2D eigenvalue weighted by Crippen LogP contribution is -2.46. The van der Waals surface area contributed by atoms with E-state index in [0.29, 0.717) is 17.9 Å². The predicted octanol–water partition coefficient (Wildman–Crippen LogP) is 2.18. The third kappa shape index (κ3) is 5.18. The van der Waals surface area contributed by atoms with E-state index in [1.807, 2.05) is 26.0 Å². The van der Waals surface area contributed by atoms with Crippen molar-refractivity contribution in [3.63, 3.8) is 0 Å². The van der Waals surface area contributed by atoms with E-state index < -0.39 is 6.04 Å². The van der Waals surface area contributed by atoms with Crippen LogP contribution in [0.1, 0.15) is 30.6 Å². The molecular formula is C14H19IN2O2. The average molecular weight is 374 g/mol. The van der Waals surface area contributed by atoms with Gasteiger partial charge in [-0.25, -0.2) is 0 Å². The van der Waals surface area contributed by atoms with Gasteiger partial charge in [0.05, 0.1) is 0 Å². The first-order chi connectivity index (χ1) is 8.93. The Morgan fingerprint density at radius 1 is 1.21 bits per heavy atom. The second-order valence-electron chi connectivity index (χ2n) is 4.78. The molecule has 4 nitrogen and oxygen atoms in total. The Morgan fingerprint density at radius 2 is 1.79 bits per heavy atom. The van der Waals surface area contributed by atoms with Gasteiger partial charge in [0.25, 0.3) is 5.91 Å². The molecule has 1 rings (SSSR count).